The molecule has 0 atom stereocenters. The van der Waals surface area contributed by atoms with Gasteiger partial charge in [0.2, 0.25) is 0 Å². The molecule has 1 aromatic rings. The molecule has 0 unspecified atom stereocenters. The molecule has 0 fully saturated rings. The second-order valence-electron chi connectivity index (χ2n) is 1.69. The van der Waals surface area contributed by atoms with Gasteiger partial charge in [0.15, 0.2) is 0 Å². The third-order valence-corrected chi connectivity index (χ3v) is 1.08. The summed E-state index contributed by atoms with van der Waals surface area (Å²) in [5, 5.41) is 0. The second-order valence-corrected chi connectivity index (χ2v) is 1.69. The minimum atomic E-state index is 0. The zero-order valence-corrected chi connectivity index (χ0v) is 7.63. The number of rotatable bonds is 1. The molecule has 0 amide bonds. The Labute approximate surface area is 74.4 Å². The van der Waals surface area contributed by atoms with Crippen LogP contribution < -0.4 is 5.73 Å². The van der Waals surface area contributed by atoms with Gasteiger partial charge in [-0.2, -0.15) is 0 Å². The van der Waals surface area contributed by atoms with E-state index in [-0.39, 0.29) is 26.2 Å². The molecule has 0 aliphatic rings. The SMILES string of the molecule is NCc1ccccc1.[Zr]. The van der Waals surface area contributed by atoms with Crippen molar-refractivity contribution in [3.05, 3.63) is 35.9 Å². The Morgan fingerprint density at radius 1 is 1.11 bits per heavy atom. The maximum absolute atomic E-state index is 5.35. The fraction of sp³-hybridized carbons (Fsp3) is 0.143. The molecule has 1 rings (SSSR count). The third-order valence-electron chi connectivity index (χ3n) is 1.08. The van der Waals surface area contributed by atoms with E-state index >= 15 is 0 Å². The van der Waals surface area contributed by atoms with E-state index in [0.717, 1.165) is 0 Å². The first-order valence-electron chi connectivity index (χ1n) is 2.67. The molecule has 0 bridgehead atoms. The first-order valence-corrected chi connectivity index (χ1v) is 2.67. The van der Waals surface area contributed by atoms with E-state index < -0.39 is 0 Å². The van der Waals surface area contributed by atoms with Gasteiger partial charge in [-0.05, 0) is 5.56 Å². The smallest absolute Gasteiger partial charge is 0.0178 e. The van der Waals surface area contributed by atoms with Gasteiger partial charge in [-0.25, -0.2) is 0 Å². The van der Waals surface area contributed by atoms with Crippen molar-refractivity contribution < 1.29 is 26.2 Å². The van der Waals surface area contributed by atoms with Gasteiger partial charge in [0, 0.05) is 32.7 Å². The molecule has 0 aromatic heterocycles. The monoisotopic (exact) mass is 197 g/mol. The molecule has 2 heteroatoms. The molecule has 1 nitrogen and oxygen atoms in total. The fourth-order valence-corrected chi connectivity index (χ4v) is 0.614. The average molecular weight is 198 g/mol. The van der Waals surface area contributed by atoms with Crippen LogP contribution in [0.3, 0.4) is 0 Å². The number of hydrogen-bond acceptors (Lipinski definition) is 1. The molecule has 9 heavy (non-hydrogen) atoms. The quantitative estimate of drug-likeness (QED) is 0.719. The van der Waals surface area contributed by atoms with E-state index in [4.69, 9.17) is 5.73 Å². The van der Waals surface area contributed by atoms with E-state index in [9.17, 15) is 0 Å². The summed E-state index contributed by atoms with van der Waals surface area (Å²) in [5.74, 6) is 0. The summed E-state index contributed by atoms with van der Waals surface area (Å²) >= 11 is 0. The largest absolute Gasteiger partial charge is 0.326 e. The van der Waals surface area contributed by atoms with E-state index in [1.54, 1.807) is 0 Å². The summed E-state index contributed by atoms with van der Waals surface area (Å²) in [5.41, 5.74) is 6.54. The van der Waals surface area contributed by atoms with Gasteiger partial charge in [0.25, 0.3) is 0 Å². The van der Waals surface area contributed by atoms with Crippen LogP contribution in [0, 0.1) is 0 Å². The fourth-order valence-electron chi connectivity index (χ4n) is 0.614. The van der Waals surface area contributed by atoms with Crippen molar-refractivity contribution in [3.8, 4) is 0 Å². The van der Waals surface area contributed by atoms with Gasteiger partial charge < -0.3 is 5.73 Å². The molecule has 0 saturated carbocycles. The Kier molecular flexibility index (Phi) is 4.93. The molecular weight excluding hydrogens is 189 g/mol. The zero-order chi connectivity index (χ0) is 5.82. The summed E-state index contributed by atoms with van der Waals surface area (Å²) < 4.78 is 0. The summed E-state index contributed by atoms with van der Waals surface area (Å²) in [6.45, 7) is 0.640. The van der Waals surface area contributed by atoms with Gasteiger partial charge >= 0.3 is 0 Å². The van der Waals surface area contributed by atoms with E-state index in [1.165, 1.54) is 5.56 Å². The van der Waals surface area contributed by atoms with Gasteiger partial charge in [-0.15, -0.1) is 0 Å². The van der Waals surface area contributed by atoms with Crippen LogP contribution in [0.25, 0.3) is 0 Å². The molecule has 0 radical (unpaired) electrons. The van der Waals surface area contributed by atoms with Crippen molar-refractivity contribution in [2.75, 3.05) is 0 Å². The van der Waals surface area contributed by atoms with E-state index in [1.807, 2.05) is 30.3 Å². The molecule has 2 N–H and O–H groups in total. The maximum atomic E-state index is 5.35. The molecular formula is C7H9NZr. The van der Waals surface area contributed by atoms with Crippen LogP contribution in [-0.2, 0) is 32.7 Å². The molecule has 0 aliphatic heterocycles. The molecule has 1 aromatic carbocycles. The predicted octanol–water partition coefficient (Wildman–Crippen LogP) is 1.14. The van der Waals surface area contributed by atoms with Crippen molar-refractivity contribution in [2.45, 2.75) is 6.54 Å². The minimum absolute atomic E-state index is 0. The van der Waals surface area contributed by atoms with Crippen LogP contribution in [-0.4, -0.2) is 0 Å². The Hall–Kier alpha value is 0.0631. The van der Waals surface area contributed by atoms with Crippen LogP contribution in [0.1, 0.15) is 5.56 Å². The molecule has 0 aliphatic carbocycles. The van der Waals surface area contributed by atoms with Gasteiger partial charge in [-0.1, -0.05) is 30.3 Å². The van der Waals surface area contributed by atoms with Gasteiger partial charge in [0.1, 0.15) is 0 Å². The van der Waals surface area contributed by atoms with Crippen molar-refractivity contribution in [2.24, 2.45) is 5.73 Å². The van der Waals surface area contributed by atoms with Crippen molar-refractivity contribution in [3.63, 3.8) is 0 Å². The predicted molar refractivity (Wildman–Crippen MR) is 34.3 cm³/mol. The Bertz CT molecular complexity index is 150. The topological polar surface area (TPSA) is 26.0 Å². The third kappa shape index (κ3) is 2.93. The van der Waals surface area contributed by atoms with Crippen LogP contribution in [0.2, 0.25) is 0 Å². The van der Waals surface area contributed by atoms with Gasteiger partial charge in [-0.3, -0.25) is 0 Å². The first-order chi connectivity index (χ1) is 3.93. The second kappa shape index (κ2) is 4.90. The molecule has 46 valence electrons. The summed E-state index contributed by atoms with van der Waals surface area (Å²) in [6, 6.07) is 9.99. The number of benzene rings is 1. The zero-order valence-electron chi connectivity index (χ0n) is 5.17. The van der Waals surface area contributed by atoms with Crippen LogP contribution in [0.5, 0.6) is 0 Å². The van der Waals surface area contributed by atoms with Gasteiger partial charge in [0.05, 0.1) is 0 Å². The van der Waals surface area contributed by atoms with Crippen LogP contribution in [0.15, 0.2) is 30.3 Å². The number of nitrogens with two attached hydrogens (primary N) is 1. The van der Waals surface area contributed by atoms with E-state index in [0.29, 0.717) is 6.54 Å². The Morgan fingerprint density at radius 2 is 1.67 bits per heavy atom. The van der Waals surface area contributed by atoms with Crippen molar-refractivity contribution in [1.29, 1.82) is 0 Å². The van der Waals surface area contributed by atoms with Crippen molar-refractivity contribution >= 4 is 0 Å². The average Bonchev–Trinajstić information content (AvgIpc) is 1.90. The van der Waals surface area contributed by atoms with Crippen LogP contribution >= 0.6 is 0 Å². The minimum Gasteiger partial charge on any atom is -0.326 e. The Morgan fingerprint density at radius 3 is 2.00 bits per heavy atom. The number of hydrogen-bond donors (Lipinski definition) is 1. The molecule has 0 heterocycles. The summed E-state index contributed by atoms with van der Waals surface area (Å²) in [6.07, 6.45) is 0. The van der Waals surface area contributed by atoms with Crippen LogP contribution in [0.4, 0.5) is 0 Å². The molecule has 0 spiro atoms. The summed E-state index contributed by atoms with van der Waals surface area (Å²) in [7, 11) is 0. The van der Waals surface area contributed by atoms with E-state index in [2.05, 4.69) is 0 Å². The maximum Gasteiger partial charge on any atom is 0.0178 e. The first kappa shape index (κ1) is 9.06. The standard InChI is InChI=1S/C7H9N.Zr/c8-6-7-4-2-1-3-5-7;/h1-5H,6,8H2;. The Balaban J connectivity index is 0.000000640. The molecule has 0 saturated heterocycles. The summed E-state index contributed by atoms with van der Waals surface area (Å²) in [4.78, 5) is 0. The van der Waals surface area contributed by atoms with Crippen molar-refractivity contribution in [1.82, 2.24) is 0 Å². The normalized spacial score (nSPS) is 8.11.